The molecule has 0 saturated heterocycles. The zero-order valence-electron chi connectivity index (χ0n) is 16.7. The molecule has 10 heteroatoms. The maximum absolute atomic E-state index is 12.6. The lowest BCUT2D eigenvalue weighted by molar-refractivity contribution is -0.116. The van der Waals surface area contributed by atoms with Crippen molar-refractivity contribution >= 4 is 12.0 Å². The largest absolute Gasteiger partial charge is 0.493 e. The van der Waals surface area contributed by atoms with Crippen molar-refractivity contribution in [3.8, 4) is 23.0 Å². The number of alkyl halides is 4. The van der Waals surface area contributed by atoms with E-state index in [1.165, 1.54) is 44.6 Å². The first kappa shape index (κ1) is 23.8. The van der Waals surface area contributed by atoms with Crippen LogP contribution in [0.2, 0.25) is 0 Å². The number of para-hydroxylation sites is 1. The highest BCUT2D eigenvalue weighted by atomic mass is 19.3. The number of ether oxygens (including phenoxy) is 4. The highest BCUT2D eigenvalue weighted by Gasteiger charge is 2.14. The van der Waals surface area contributed by atoms with Crippen LogP contribution in [0.1, 0.15) is 11.1 Å². The Morgan fingerprint density at radius 3 is 2.32 bits per heavy atom. The van der Waals surface area contributed by atoms with E-state index in [9.17, 15) is 22.4 Å². The van der Waals surface area contributed by atoms with Crippen molar-refractivity contribution in [1.29, 1.82) is 0 Å². The normalized spacial score (nSPS) is 11.1. The van der Waals surface area contributed by atoms with Crippen molar-refractivity contribution in [1.82, 2.24) is 5.32 Å². The molecule has 6 nitrogen and oxygen atoms in total. The van der Waals surface area contributed by atoms with E-state index in [1.807, 2.05) is 0 Å². The standard InChI is InChI=1S/C21H21F4NO5/c1-28-15-8-6-13(12-17(15)30-20(22)23)10-11-26-18(27)9-7-14-4-3-5-16(29-2)19(14)31-21(24)25/h3-9,12,20-21H,10-11H2,1-2H3,(H,26,27)/b9-7+. The SMILES string of the molecule is COc1ccc(CCNC(=O)/C=C/c2cccc(OC)c2OC(F)F)cc1OC(F)F. The van der Waals surface area contributed by atoms with E-state index < -0.39 is 19.1 Å². The van der Waals surface area contributed by atoms with Crippen molar-refractivity contribution in [3.05, 3.63) is 53.6 Å². The number of halogens is 4. The van der Waals surface area contributed by atoms with Gasteiger partial charge in [0.15, 0.2) is 23.0 Å². The second kappa shape index (κ2) is 11.7. The zero-order valence-corrected chi connectivity index (χ0v) is 16.7. The fourth-order valence-corrected chi connectivity index (χ4v) is 2.66. The van der Waals surface area contributed by atoms with Crippen LogP contribution in [0.15, 0.2) is 42.5 Å². The molecule has 0 atom stereocenters. The van der Waals surface area contributed by atoms with Gasteiger partial charge in [0.2, 0.25) is 5.91 Å². The smallest absolute Gasteiger partial charge is 0.387 e. The van der Waals surface area contributed by atoms with E-state index in [-0.39, 0.29) is 35.1 Å². The van der Waals surface area contributed by atoms with E-state index in [0.717, 1.165) is 6.08 Å². The molecule has 0 aliphatic carbocycles. The topological polar surface area (TPSA) is 66.0 Å². The Morgan fingerprint density at radius 2 is 1.68 bits per heavy atom. The summed E-state index contributed by atoms with van der Waals surface area (Å²) >= 11 is 0. The van der Waals surface area contributed by atoms with Crippen LogP contribution in [-0.2, 0) is 11.2 Å². The third kappa shape index (κ3) is 7.40. The fourth-order valence-electron chi connectivity index (χ4n) is 2.66. The van der Waals surface area contributed by atoms with Crippen molar-refractivity contribution < 1.29 is 41.3 Å². The number of nitrogens with one attached hydrogen (secondary N) is 1. The molecule has 1 amide bonds. The van der Waals surface area contributed by atoms with Crippen LogP contribution >= 0.6 is 0 Å². The molecule has 0 heterocycles. The molecule has 0 aliphatic rings. The first-order valence-corrected chi connectivity index (χ1v) is 9.03. The van der Waals surface area contributed by atoms with Gasteiger partial charge in [-0.25, -0.2) is 0 Å². The van der Waals surface area contributed by atoms with Gasteiger partial charge in [0.05, 0.1) is 14.2 Å². The number of rotatable bonds is 11. The minimum atomic E-state index is -3.05. The maximum atomic E-state index is 12.6. The Bertz CT molecular complexity index is 905. The van der Waals surface area contributed by atoms with E-state index >= 15 is 0 Å². The van der Waals surface area contributed by atoms with Gasteiger partial charge in [0.25, 0.3) is 0 Å². The highest BCUT2D eigenvalue weighted by Crippen LogP contribution is 2.33. The minimum Gasteiger partial charge on any atom is -0.493 e. The van der Waals surface area contributed by atoms with Gasteiger partial charge >= 0.3 is 13.2 Å². The summed E-state index contributed by atoms with van der Waals surface area (Å²) in [6, 6.07) is 9.06. The number of hydrogen-bond acceptors (Lipinski definition) is 5. The molecule has 168 valence electrons. The lowest BCUT2D eigenvalue weighted by Gasteiger charge is -2.12. The second-order valence-electron chi connectivity index (χ2n) is 6.00. The Morgan fingerprint density at radius 1 is 0.968 bits per heavy atom. The number of carbonyl (C=O) groups excluding carboxylic acids is 1. The summed E-state index contributed by atoms with van der Waals surface area (Å²) in [5, 5.41) is 2.61. The van der Waals surface area contributed by atoms with Gasteiger partial charge in [-0.2, -0.15) is 17.6 Å². The molecular formula is C21H21F4NO5. The molecule has 0 bridgehead atoms. The van der Waals surface area contributed by atoms with Crippen LogP contribution in [0.4, 0.5) is 17.6 Å². The van der Waals surface area contributed by atoms with E-state index in [2.05, 4.69) is 14.8 Å². The molecule has 2 rings (SSSR count). The molecule has 0 unspecified atom stereocenters. The van der Waals surface area contributed by atoms with Gasteiger partial charge in [-0.05, 0) is 36.3 Å². The number of carbonyl (C=O) groups is 1. The van der Waals surface area contributed by atoms with Crippen LogP contribution in [0, 0.1) is 0 Å². The van der Waals surface area contributed by atoms with Gasteiger partial charge in [0.1, 0.15) is 0 Å². The van der Waals surface area contributed by atoms with Crippen LogP contribution < -0.4 is 24.3 Å². The second-order valence-corrected chi connectivity index (χ2v) is 6.00. The molecule has 2 aromatic carbocycles. The minimum absolute atomic E-state index is 0.101. The van der Waals surface area contributed by atoms with Crippen molar-refractivity contribution in [2.75, 3.05) is 20.8 Å². The summed E-state index contributed by atoms with van der Waals surface area (Å²) in [5.41, 5.74) is 0.875. The molecule has 0 aromatic heterocycles. The van der Waals surface area contributed by atoms with Crippen LogP contribution in [0.3, 0.4) is 0 Å². The summed E-state index contributed by atoms with van der Waals surface area (Å²) in [6.07, 6.45) is 2.81. The summed E-state index contributed by atoms with van der Waals surface area (Å²) in [7, 11) is 2.64. The Labute approximate surface area is 176 Å². The predicted octanol–water partition coefficient (Wildman–Crippen LogP) is 4.28. The molecule has 0 spiro atoms. The van der Waals surface area contributed by atoms with Crippen molar-refractivity contribution in [3.63, 3.8) is 0 Å². The number of methoxy groups -OCH3 is 2. The average molecular weight is 443 g/mol. The Hall–Kier alpha value is -3.43. The quantitative estimate of drug-likeness (QED) is 0.415. The third-order valence-electron chi connectivity index (χ3n) is 4.01. The van der Waals surface area contributed by atoms with Crippen LogP contribution in [0.25, 0.3) is 6.08 Å². The zero-order chi connectivity index (χ0) is 22.8. The van der Waals surface area contributed by atoms with Gasteiger partial charge < -0.3 is 24.3 Å². The van der Waals surface area contributed by atoms with Crippen molar-refractivity contribution in [2.24, 2.45) is 0 Å². The first-order valence-electron chi connectivity index (χ1n) is 9.03. The van der Waals surface area contributed by atoms with E-state index in [1.54, 1.807) is 12.1 Å². The van der Waals surface area contributed by atoms with Gasteiger partial charge in [-0.1, -0.05) is 18.2 Å². The van der Waals surface area contributed by atoms with Gasteiger partial charge in [-0.15, -0.1) is 0 Å². The maximum Gasteiger partial charge on any atom is 0.387 e. The van der Waals surface area contributed by atoms with E-state index in [4.69, 9.17) is 9.47 Å². The summed E-state index contributed by atoms with van der Waals surface area (Å²) in [4.78, 5) is 12.0. The summed E-state index contributed by atoms with van der Waals surface area (Å²) in [5.74, 6) is -0.511. The molecule has 0 radical (unpaired) electrons. The lowest BCUT2D eigenvalue weighted by atomic mass is 10.1. The fraction of sp³-hybridized carbons (Fsp3) is 0.286. The molecule has 31 heavy (non-hydrogen) atoms. The van der Waals surface area contributed by atoms with Crippen LogP contribution in [-0.4, -0.2) is 39.9 Å². The van der Waals surface area contributed by atoms with Gasteiger partial charge in [0, 0.05) is 18.2 Å². The number of hydrogen-bond donors (Lipinski definition) is 1. The number of amides is 1. The first-order chi connectivity index (χ1) is 14.8. The Kier molecular flexibility index (Phi) is 8.98. The monoisotopic (exact) mass is 443 g/mol. The Balaban J connectivity index is 1.98. The molecule has 0 fully saturated rings. The van der Waals surface area contributed by atoms with Crippen molar-refractivity contribution in [2.45, 2.75) is 19.6 Å². The predicted molar refractivity (Wildman–Crippen MR) is 105 cm³/mol. The summed E-state index contributed by atoms with van der Waals surface area (Å²) < 4.78 is 69.2. The van der Waals surface area contributed by atoms with Gasteiger partial charge in [-0.3, -0.25) is 4.79 Å². The third-order valence-corrected chi connectivity index (χ3v) is 4.01. The highest BCUT2D eigenvalue weighted by molar-refractivity contribution is 5.92. The molecular weight excluding hydrogens is 422 g/mol. The van der Waals surface area contributed by atoms with Crippen LogP contribution in [0.5, 0.6) is 23.0 Å². The molecule has 0 aliphatic heterocycles. The number of benzene rings is 2. The summed E-state index contributed by atoms with van der Waals surface area (Å²) in [6.45, 7) is -5.85. The molecule has 0 saturated carbocycles. The lowest BCUT2D eigenvalue weighted by Crippen LogP contribution is -2.23. The average Bonchev–Trinajstić information content (AvgIpc) is 2.72. The molecule has 2 aromatic rings. The van der Waals surface area contributed by atoms with E-state index in [0.29, 0.717) is 12.0 Å². The molecule has 1 N–H and O–H groups in total.